The van der Waals surface area contributed by atoms with Gasteiger partial charge in [-0.1, -0.05) is 0 Å². The Hall–Kier alpha value is -1.10. The number of hydrogen-bond acceptors (Lipinski definition) is 2. The predicted octanol–water partition coefficient (Wildman–Crippen LogP) is 1.39. The average Bonchev–Trinajstić information content (AvgIpc) is 1.96. The van der Waals surface area contributed by atoms with E-state index in [1.165, 1.54) is 0 Å². The molecule has 12 heavy (non-hydrogen) atoms. The van der Waals surface area contributed by atoms with E-state index in [4.69, 9.17) is 10.8 Å². The smallest absolute Gasteiger partial charge is 0.251 e. The molecular weight excluding hydrogens is 229 g/mol. The first-order valence-electron chi connectivity index (χ1n) is 3.00. The lowest BCUT2D eigenvalue weighted by Gasteiger charge is -2.01. The van der Waals surface area contributed by atoms with Crippen LogP contribution in [0.1, 0.15) is 10.4 Å². The average molecular weight is 234 g/mol. The molecule has 0 bridgehead atoms. The molecule has 1 aromatic rings. The Kier molecular flexibility index (Phi) is 2.32. The van der Waals surface area contributed by atoms with Crippen LogP contribution in [-0.2, 0) is 0 Å². The van der Waals surface area contributed by atoms with Crippen molar-refractivity contribution >= 4 is 21.8 Å². The van der Waals surface area contributed by atoms with E-state index in [0.717, 1.165) is 12.1 Å². The maximum atomic E-state index is 13.0. The van der Waals surface area contributed by atoms with Crippen LogP contribution in [0.3, 0.4) is 0 Å². The Labute approximate surface area is 76.1 Å². The zero-order chi connectivity index (χ0) is 9.30. The fourth-order valence-corrected chi connectivity index (χ4v) is 1.20. The third-order valence-corrected chi connectivity index (χ3v) is 1.86. The fourth-order valence-electron chi connectivity index (χ4n) is 0.754. The first-order chi connectivity index (χ1) is 5.52. The molecule has 0 atom stereocenters. The number of primary amides is 1. The van der Waals surface area contributed by atoms with Gasteiger partial charge in [0.1, 0.15) is 11.6 Å². The van der Waals surface area contributed by atoms with Crippen molar-refractivity contribution in [2.75, 3.05) is 0 Å². The van der Waals surface area contributed by atoms with Crippen LogP contribution in [0.5, 0.6) is 5.75 Å². The third kappa shape index (κ3) is 1.55. The Balaban J connectivity index is 3.37. The highest BCUT2D eigenvalue weighted by atomic mass is 79.9. The Morgan fingerprint density at radius 2 is 2.17 bits per heavy atom. The molecule has 0 spiro atoms. The second-order valence-electron chi connectivity index (χ2n) is 2.15. The molecule has 0 heterocycles. The minimum atomic E-state index is -0.913. The number of halogens is 2. The number of rotatable bonds is 1. The first-order valence-corrected chi connectivity index (χ1v) is 3.79. The number of benzene rings is 1. The van der Waals surface area contributed by atoms with Gasteiger partial charge in [0.2, 0.25) is 0 Å². The first kappa shape index (κ1) is 8.99. The molecule has 0 saturated heterocycles. The second kappa shape index (κ2) is 3.10. The van der Waals surface area contributed by atoms with Gasteiger partial charge in [-0.25, -0.2) is 4.39 Å². The van der Waals surface area contributed by atoms with Gasteiger partial charge in [0.15, 0.2) is 0 Å². The van der Waals surface area contributed by atoms with E-state index in [1.807, 2.05) is 0 Å². The summed E-state index contributed by atoms with van der Waals surface area (Å²) in [7, 11) is 0. The maximum absolute atomic E-state index is 13.0. The summed E-state index contributed by atoms with van der Waals surface area (Å²) in [4.78, 5) is 10.6. The van der Waals surface area contributed by atoms with Gasteiger partial charge in [-0.15, -0.1) is 0 Å². The molecule has 0 fully saturated rings. The van der Waals surface area contributed by atoms with Crippen molar-refractivity contribution in [1.82, 2.24) is 0 Å². The van der Waals surface area contributed by atoms with Crippen molar-refractivity contribution in [3.8, 4) is 5.75 Å². The van der Waals surface area contributed by atoms with Crippen LogP contribution in [-0.4, -0.2) is 11.0 Å². The number of hydrogen-bond donors (Lipinski definition) is 2. The fraction of sp³-hybridized carbons (Fsp3) is 0. The third-order valence-electron chi connectivity index (χ3n) is 1.28. The number of phenolic OH excluding ortho intramolecular Hbond substituents is 1. The molecule has 0 aliphatic rings. The van der Waals surface area contributed by atoms with Crippen LogP contribution in [0.15, 0.2) is 16.6 Å². The maximum Gasteiger partial charge on any atom is 0.251 e. The normalized spacial score (nSPS) is 9.83. The van der Waals surface area contributed by atoms with Crippen molar-refractivity contribution in [2.45, 2.75) is 0 Å². The van der Waals surface area contributed by atoms with E-state index in [9.17, 15) is 9.18 Å². The van der Waals surface area contributed by atoms with Crippen LogP contribution >= 0.6 is 15.9 Å². The van der Waals surface area contributed by atoms with Gasteiger partial charge in [0.25, 0.3) is 5.91 Å². The zero-order valence-corrected chi connectivity index (χ0v) is 7.43. The predicted molar refractivity (Wildman–Crippen MR) is 44.3 cm³/mol. The molecule has 0 unspecified atom stereocenters. The van der Waals surface area contributed by atoms with Crippen molar-refractivity contribution in [2.24, 2.45) is 5.73 Å². The minimum Gasteiger partial charge on any atom is -0.508 e. The van der Waals surface area contributed by atoms with E-state index in [2.05, 4.69) is 15.9 Å². The highest BCUT2D eigenvalue weighted by Gasteiger charge is 2.12. The van der Waals surface area contributed by atoms with E-state index >= 15 is 0 Å². The SMILES string of the molecule is NC(=O)c1cc(O)cc(Br)c1F. The highest BCUT2D eigenvalue weighted by Crippen LogP contribution is 2.24. The van der Waals surface area contributed by atoms with Gasteiger partial charge >= 0.3 is 0 Å². The van der Waals surface area contributed by atoms with Gasteiger partial charge in [0, 0.05) is 0 Å². The number of aromatic hydroxyl groups is 1. The zero-order valence-electron chi connectivity index (χ0n) is 5.84. The monoisotopic (exact) mass is 233 g/mol. The molecule has 0 radical (unpaired) electrons. The molecule has 1 rings (SSSR count). The molecule has 5 heteroatoms. The van der Waals surface area contributed by atoms with E-state index in [-0.39, 0.29) is 15.8 Å². The molecule has 1 amide bonds. The van der Waals surface area contributed by atoms with Crippen molar-refractivity contribution in [3.63, 3.8) is 0 Å². The summed E-state index contributed by atoms with van der Waals surface area (Å²) in [5.74, 6) is -1.89. The van der Waals surface area contributed by atoms with Gasteiger partial charge in [-0.05, 0) is 28.1 Å². The van der Waals surface area contributed by atoms with Gasteiger partial charge in [-0.3, -0.25) is 4.79 Å². The van der Waals surface area contributed by atoms with Crippen molar-refractivity contribution < 1.29 is 14.3 Å². The Morgan fingerprint density at radius 3 is 2.67 bits per heavy atom. The lowest BCUT2D eigenvalue weighted by molar-refractivity contribution is 0.0996. The molecular formula is C7H5BrFNO2. The molecule has 0 saturated carbocycles. The quantitative estimate of drug-likeness (QED) is 0.771. The van der Waals surface area contributed by atoms with E-state index < -0.39 is 11.7 Å². The van der Waals surface area contributed by atoms with E-state index in [1.54, 1.807) is 0 Å². The highest BCUT2D eigenvalue weighted by molar-refractivity contribution is 9.10. The summed E-state index contributed by atoms with van der Waals surface area (Å²) >= 11 is 2.82. The molecule has 3 N–H and O–H groups in total. The second-order valence-corrected chi connectivity index (χ2v) is 3.01. The standard InChI is InChI=1S/C7H5BrFNO2/c8-5-2-3(11)1-4(6(5)9)7(10)12/h1-2,11H,(H2,10,12). The molecule has 0 aromatic heterocycles. The number of carbonyl (C=O) groups excluding carboxylic acids is 1. The molecule has 3 nitrogen and oxygen atoms in total. The summed E-state index contributed by atoms with van der Waals surface area (Å²) in [6.45, 7) is 0. The summed E-state index contributed by atoms with van der Waals surface area (Å²) in [5, 5.41) is 8.96. The number of nitrogens with two attached hydrogens (primary N) is 1. The number of carbonyl (C=O) groups is 1. The number of phenols is 1. The Bertz CT molecular complexity index is 340. The lowest BCUT2D eigenvalue weighted by Crippen LogP contribution is -2.13. The van der Waals surface area contributed by atoms with Crippen LogP contribution in [0.25, 0.3) is 0 Å². The van der Waals surface area contributed by atoms with Crippen molar-refractivity contribution in [1.29, 1.82) is 0 Å². The van der Waals surface area contributed by atoms with Crippen LogP contribution in [0.2, 0.25) is 0 Å². The summed E-state index contributed by atoms with van der Waals surface area (Å²) < 4.78 is 13.0. The topological polar surface area (TPSA) is 63.3 Å². The lowest BCUT2D eigenvalue weighted by atomic mass is 10.2. The molecule has 64 valence electrons. The van der Waals surface area contributed by atoms with E-state index in [0.29, 0.717) is 0 Å². The Morgan fingerprint density at radius 1 is 1.58 bits per heavy atom. The van der Waals surface area contributed by atoms with Crippen LogP contribution < -0.4 is 5.73 Å². The summed E-state index contributed by atoms with van der Waals surface area (Å²) in [6.07, 6.45) is 0. The minimum absolute atomic E-state index is 0.0105. The molecule has 0 aliphatic heterocycles. The molecule has 0 aliphatic carbocycles. The molecule has 1 aromatic carbocycles. The van der Waals surface area contributed by atoms with Gasteiger partial charge in [-0.2, -0.15) is 0 Å². The van der Waals surface area contributed by atoms with Gasteiger partial charge in [0.05, 0.1) is 10.0 Å². The van der Waals surface area contributed by atoms with Gasteiger partial charge < -0.3 is 10.8 Å². The summed E-state index contributed by atoms with van der Waals surface area (Å²) in [5.41, 5.74) is 4.51. The van der Waals surface area contributed by atoms with Crippen molar-refractivity contribution in [3.05, 3.63) is 28.0 Å². The van der Waals surface area contributed by atoms with Crippen LogP contribution in [0, 0.1) is 5.82 Å². The van der Waals surface area contributed by atoms with Crippen LogP contribution in [0.4, 0.5) is 4.39 Å². The largest absolute Gasteiger partial charge is 0.508 e. The summed E-state index contributed by atoms with van der Waals surface area (Å²) in [6, 6.07) is 2.12. The number of amides is 1.